The van der Waals surface area contributed by atoms with E-state index >= 15 is 0 Å². The summed E-state index contributed by atoms with van der Waals surface area (Å²) in [5.74, 6) is -0.0567. The third-order valence-electron chi connectivity index (χ3n) is 1.89. The van der Waals surface area contributed by atoms with Crippen LogP contribution in [0.5, 0.6) is 0 Å². The van der Waals surface area contributed by atoms with Crippen molar-refractivity contribution in [3.8, 4) is 0 Å². The highest BCUT2D eigenvalue weighted by Crippen LogP contribution is 2.20. The van der Waals surface area contributed by atoms with Crippen LogP contribution in [0.2, 0.25) is 0 Å². The van der Waals surface area contributed by atoms with Crippen molar-refractivity contribution in [2.75, 3.05) is 12.4 Å². The molecular weight excluding hydrogens is 240 g/mol. The van der Waals surface area contributed by atoms with Crippen LogP contribution < -0.4 is 5.32 Å². The Bertz CT molecular complexity index is 541. The minimum absolute atomic E-state index is 0.158. The highest BCUT2D eigenvalue weighted by Gasteiger charge is 2.09. The van der Waals surface area contributed by atoms with Crippen molar-refractivity contribution in [2.45, 2.75) is 6.92 Å². The van der Waals surface area contributed by atoms with Crippen molar-refractivity contribution < 1.29 is 9.53 Å². The molecule has 0 bridgehead atoms. The second-order valence-corrected chi connectivity index (χ2v) is 4.42. The van der Waals surface area contributed by atoms with Gasteiger partial charge in [0.05, 0.1) is 19.5 Å². The summed E-state index contributed by atoms with van der Waals surface area (Å²) in [6, 6.07) is 0. The lowest BCUT2D eigenvalue weighted by molar-refractivity contribution is 0.0593. The summed E-state index contributed by atoms with van der Waals surface area (Å²) in [7, 11) is 1.30. The Balaban J connectivity index is 2.19. The van der Waals surface area contributed by atoms with Gasteiger partial charge in [-0.3, -0.25) is 4.98 Å². The molecule has 88 valence electrons. The van der Waals surface area contributed by atoms with E-state index in [0.717, 1.165) is 4.88 Å². The lowest BCUT2D eigenvalue weighted by atomic mass is 10.4. The molecule has 0 saturated heterocycles. The topological polar surface area (TPSA) is 77.0 Å². The van der Waals surface area contributed by atoms with Gasteiger partial charge in [-0.2, -0.15) is 0 Å². The van der Waals surface area contributed by atoms with E-state index in [1.165, 1.54) is 30.8 Å². The Morgan fingerprint density at radius 1 is 1.41 bits per heavy atom. The molecule has 2 aromatic heterocycles. The van der Waals surface area contributed by atoms with Gasteiger partial charge in [-0.25, -0.2) is 14.8 Å². The van der Waals surface area contributed by atoms with E-state index in [1.54, 1.807) is 6.20 Å². The summed E-state index contributed by atoms with van der Waals surface area (Å²) in [5.41, 5.74) is 0.158. The molecular formula is C10H10N4O2S. The molecule has 1 N–H and O–H groups in total. The summed E-state index contributed by atoms with van der Waals surface area (Å²) in [6.07, 6.45) is 4.62. The Labute approximate surface area is 102 Å². The summed E-state index contributed by atoms with van der Waals surface area (Å²) in [5, 5.41) is 3.68. The number of thiazole rings is 1. The van der Waals surface area contributed by atoms with Crippen LogP contribution in [-0.2, 0) is 4.74 Å². The van der Waals surface area contributed by atoms with Crippen LogP contribution >= 0.6 is 11.3 Å². The van der Waals surface area contributed by atoms with Crippen LogP contribution in [0, 0.1) is 6.92 Å². The van der Waals surface area contributed by atoms with E-state index in [2.05, 4.69) is 25.0 Å². The third-order valence-corrected chi connectivity index (χ3v) is 2.71. The Morgan fingerprint density at radius 2 is 2.24 bits per heavy atom. The van der Waals surface area contributed by atoms with E-state index in [4.69, 9.17) is 0 Å². The Kier molecular flexibility index (Phi) is 3.29. The highest BCUT2D eigenvalue weighted by atomic mass is 32.1. The van der Waals surface area contributed by atoms with Crippen LogP contribution in [0.15, 0.2) is 18.6 Å². The molecule has 2 aromatic rings. The Morgan fingerprint density at radius 3 is 2.88 bits per heavy atom. The van der Waals surface area contributed by atoms with Crippen molar-refractivity contribution in [1.29, 1.82) is 0 Å². The molecule has 17 heavy (non-hydrogen) atoms. The SMILES string of the molecule is COC(=O)c1cncc(Nc2ncc(C)s2)n1. The second kappa shape index (κ2) is 4.88. The van der Waals surface area contributed by atoms with Crippen LogP contribution in [0.3, 0.4) is 0 Å². The zero-order chi connectivity index (χ0) is 12.3. The van der Waals surface area contributed by atoms with E-state index < -0.39 is 5.97 Å². The number of hydrogen-bond acceptors (Lipinski definition) is 7. The van der Waals surface area contributed by atoms with Gasteiger partial charge in [-0.15, -0.1) is 11.3 Å². The first kappa shape index (κ1) is 11.5. The molecule has 2 heterocycles. The summed E-state index contributed by atoms with van der Waals surface area (Å²) in [4.78, 5) is 24.4. The molecule has 0 aliphatic carbocycles. The predicted molar refractivity (Wildman–Crippen MR) is 63.5 cm³/mol. The van der Waals surface area contributed by atoms with Crippen molar-refractivity contribution in [1.82, 2.24) is 15.0 Å². The van der Waals surface area contributed by atoms with Gasteiger partial charge in [0.2, 0.25) is 0 Å². The molecule has 7 heteroatoms. The number of aromatic nitrogens is 3. The molecule has 0 fully saturated rings. The Hall–Kier alpha value is -2.02. The maximum absolute atomic E-state index is 11.3. The van der Waals surface area contributed by atoms with Crippen molar-refractivity contribution in [2.24, 2.45) is 0 Å². The number of carbonyl (C=O) groups is 1. The summed E-state index contributed by atoms with van der Waals surface area (Å²) >= 11 is 1.50. The number of anilines is 2. The number of rotatable bonds is 3. The zero-order valence-corrected chi connectivity index (χ0v) is 10.1. The molecule has 6 nitrogen and oxygen atoms in total. The van der Waals surface area contributed by atoms with Crippen molar-refractivity contribution in [3.05, 3.63) is 29.2 Å². The van der Waals surface area contributed by atoms with Crippen LogP contribution in [0.25, 0.3) is 0 Å². The van der Waals surface area contributed by atoms with Gasteiger partial charge in [0.1, 0.15) is 0 Å². The monoisotopic (exact) mass is 250 g/mol. The largest absolute Gasteiger partial charge is 0.464 e. The standard InChI is InChI=1S/C10H10N4O2S/c1-6-3-12-10(17-6)14-8-5-11-4-7(13-8)9(15)16-2/h3-5H,1-2H3,(H,12,13,14). The van der Waals surface area contributed by atoms with E-state index in [1.807, 2.05) is 6.92 Å². The fourth-order valence-electron chi connectivity index (χ4n) is 1.15. The lowest BCUT2D eigenvalue weighted by Crippen LogP contribution is -2.06. The maximum Gasteiger partial charge on any atom is 0.358 e. The van der Waals surface area contributed by atoms with Gasteiger partial charge in [-0.05, 0) is 6.92 Å². The predicted octanol–water partition coefficient (Wildman–Crippen LogP) is 1.77. The lowest BCUT2D eigenvalue weighted by Gasteiger charge is -2.02. The van der Waals surface area contributed by atoms with Gasteiger partial charge in [0.25, 0.3) is 0 Å². The number of hydrogen-bond donors (Lipinski definition) is 1. The highest BCUT2D eigenvalue weighted by molar-refractivity contribution is 7.15. The minimum atomic E-state index is -0.517. The molecule has 2 rings (SSSR count). The fourth-order valence-corrected chi connectivity index (χ4v) is 1.82. The number of esters is 1. The third kappa shape index (κ3) is 2.76. The molecule has 0 amide bonds. The average Bonchev–Trinajstić information content (AvgIpc) is 2.74. The smallest absolute Gasteiger partial charge is 0.358 e. The van der Waals surface area contributed by atoms with Gasteiger partial charge in [0, 0.05) is 11.1 Å². The van der Waals surface area contributed by atoms with Crippen LogP contribution in [0.4, 0.5) is 10.9 Å². The maximum atomic E-state index is 11.3. The van der Waals surface area contributed by atoms with E-state index in [9.17, 15) is 4.79 Å². The number of carbonyl (C=O) groups excluding carboxylic acids is 1. The summed E-state index contributed by atoms with van der Waals surface area (Å²) < 4.78 is 4.56. The minimum Gasteiger partial charge on any atom is -0.464 e. The molecule has 0 aliphatic heterocycles. The molecule has 0 aromatic carbocycles. The van der Waals surface area contributed by atoms with E-state index in [0.29, 0.717) is 10.9 Å². The van der Waals surface area contributed by atoms with E-state index in [-0.39, 0.29) is 5.69 Å². The zero-order valence-electron chi connectivity index (χ0n) is 9.30. The van der Waals surface area contributed by atoms with Crippen molar-refractivity contribution in [3.63, 3.8) is 0 Å². The normalized spacial score (nSPS) is 10.0. The first-order valence-corrected chi connectivity index (χ1v) is 5.60. The van der Waals surface area contributed by atoms with Gasteiger partial charge >= 0.3 is 5.97 Å². The molecule has 0 radical (unpaired) electrons. The average molecular weight is 250 g/mol. The quantitative estimate of drug-likeness (QED) is 0.836. The fraction of sp³-hybridized carbons (Fsp3) is 0.200. The molecule has 0 aliphatic rings. The summed E-state index contributed by atoms with van der Waals surface area (Å²) in [6.45, 7) is 1.96. The van der Waals surface area contributed by atoms with Crippen LogP contribution in [-0.4, -0.2) is 28.0 Å². The number of nitrogens with zero attached hydrogens (tertiary/aromatic N) is 3. The number of aryl methyl sites for hydroxylation is 1. The number of methoxy groups -OCH3 is 1. The molecule has 0 saturated carbocycles. The van der Waals surface area contributed by atoms with Gasteiger partial charge < -0.3 is 10.1 Å². The first-order chi connectivity index (χ1) is 8.19. The molecule has 0 unspecified atom stereocenters. The van der Waals surface area contributed by atoms with Crippen molar-refractivity contribution >= 4 is 28.3 Å². The van der Waals surface area contributed by atoms with Gasteiger partial charge in [-0.1, -0.05) is 0 Å². The van der Waals surface area contributed by atoms with Crippen LogP contribution in [0.1, 0.15) is 15.4 Å². The molecule has 0 atom stereocenters. The van der Waals surface area contributed by atoms with Gasteiger partial charge in [0.15, 0.2) is 16.6 Å². The second-order valence-electron chi connectivity index (χ2n) is 3.18. The first-order valence-electron chi connectivity index (χ1n) is 4.79. The molecule has 0 spiro atoms. The number of ether oxygens (including phenoxy) is 1. The number of nitrogens with one attached hydrogen (secondary N) is 1.